The number of carbonyl (C=O) groups excluding carboxylic acids is 1. The van der Waals surface area contributed by atoms with Gasteiger partial charge in [0.05, 0.1) is 5.69 Å². The fourth-order valence-corrected chi connectivity index (χ4v) is 2.41. The van der Waals surface area contributed by atoms with Crippen LogP contribution in [0, 0.1) is 6.92 Å². The molecule has 0 aromatic carbocycles. The van der Waals surface area contributed by atoms with Crippen molar-refractivity contribution in [3.63, 3.8) is 0 Å². The highest BCUT2D eigenvalue weighted by Gasteiger charge is 2.26. The number of carbonyl (C=O) groups is 1. The van der Waals surface area contributed by atoms with E-state index in [-0.39, 0.29) is 5.91 Å². The quantitative estimate of drug-likeness (QED) is 0.772. The van der Waals surface area contributed by atoms with Crippen LogP contribution in [0.15, 0.2) is 17.2 Å². The van der Waals surface area contributed by atoms with E-state index in [1.807, 2.05) is 17.9 Å². The molecule has 1 saturated heterocycles. The van der Waals surface area contributed by atoms with Crippen molar-refractivity contribution in [3.05, 3.63) is 29.7 Å². The van der Waals surface area contributed by atoms with Gasteiger partial charge in [-0.3, -0.25) is 9.69 Å². The van der Waals surface area contributed by atoms with Crippen LogP contribution >= 0.6 is 0 Å². The van der Waals surface area contributed by atoms with Gasteiger partial charge in [-0.15, -0.1) is 6.58 Å². The lowest BCUT2D eigenvalue weighted by Crippen LogP contribution is -2.48. The van der Waals surface area contributed by atoms with Crippen LogP contribution < -0.4 is 0 Å². The predicted molar refractivity (Wildman–Crippen MR) is 73.2 cm³/mol. The molecule has 1 aromatic heterocycles. The third-order valence-electron chi connectivity index (χ3n) is 3.53. The maximum Gasteiger partial charge on any atom is 0.259 e. The molecule has 0 N–H and O–H groups in total. The average Bonchev–Trinajstić information content (AvgIpc) is 2.80. The molecule has 104 valence electrons. The molecule has 19 heavy (non-hydrogen) atoms. The second kappa shape index (κ2) is 6.02. The monoisotopic (exact) mass is 263 g/mol. The molecule has 0 saturated carbocycles. The Bertz CT molecular complexity index is 459. The van der Waals surface area contributed by atoms with E-state index in [9.17, 15) is 4.79 Å². The lowest BCUT2D eigenvalue weighted by atomic mass is 10.1. The van der Waals surface area contributed by atoms with E-state index in [4.69, 9.17) is 4.52 Å². The molecular weight excluding hydrogens is 242 g/mol. The molecule has 2 heterocycles. The molecule has 0 aliphatic carbocycles. The summed E-state index contributed by atoms with van der Waals surface area (Å²) < 4.78 is 5.14. The molecule has 0 bridgehead atoms. The van der Waals surface area contributed by atoms with E-state index < -0.39 is 0 Å². The topological polar surface area (TPSA) is 49.6 Å². The average molecular weight is 263 g/mol. The zero-order valence-electron chi connectivity index (χ0n) is 11.7. The van der Waals surface area contributed by atoms with Crippen molar-refractivity contribution >= 4 is 5.91 Å². The molecule has 0 spiro atoms. The summed E-state index contributed by atoms with van der Waals surface area (Å²) in [5.41, 5.74) is 1.41. The molecule has 1 aliphatic heterocycles. The first-order valence-corrected chi connectivity index (χ1v) is 6.75. The zero-order valence-corrected chi connectivity index (χ0v) is 11.7. The van der Waals surface area contributed by atoms with Gasteiger partial charge in [-0.2, -0.15) is 0 Å². The van der Waals surface area contributed by atoms with Crippen molar-refractivity contribution in [1.29, 1.82) is 0 Å². The summed E-state index contributed by atoms with van der Waals surface area (Å²) in [4.78, 5) is 16.7. The molecule has 1 aliphatic rings. The van der Waals surface area contributed by atoms with E-state index in [2.05, 4.69) is 16.6 Å². The van der Waals surface area contributed by atoms with Crippen LogP contribution in [0.1, 0.15) is 28.7 Å². The van der Waals surface area contributed by atoms with E-state index >= 15 is 0 Å². The summed E-state index contributed by atoms with van der Waals surface area (Å²) in [6.45, 7) is 11.7. The van der Waals surface area contributed by atoms with Crippen LogP contribution in [0.3, 0.4) is 0 Å². The van der Waals surface area contributed by atoms with Gasteiger partial charge in [-0.1, -0.05) is 18.2 Å². The summed E-state index contributed by atoms with van der Waals surface area (Å²) in [6.07, 6.45) is 2.62. The first-order valence-electron chi connectivity index (χ1n) is 6.75. The Labute approximate surface area is 113 Å². The highest BCUT2D eigenvalue weighted by molar-refractivity contribution is 5.96. The Hall–Kier alpha value is -1.62. The molecule has 1 fully saturated rings. The molecule has 2 rings (SSSR count). The Morgan fingerprint density at radius 1 is 1.42 bits per heavy atom. The Kier molecular flexibility index (Phi) is 4.37. The van der Waals surface area contributed by atoms with Crippen molar-refractivity contribution in [1.82, 2.24) is 15.0 Å². The van der Waals surface area contributed by atoms with Gasteiger partial charge in [0, 0.05) is 32.7 Å². The normalized spacial score (nSPS) is 16.6. The van der Waals surface area contributed by atoms with Gasteiger partial charge in [0.15, 0.2) is 0 Å². The molecule has 5 nitrogen and oxygen atoms in total. The van der Waals surface area contributed by atoms with Gasteiger partial charge >= 0.3 is 0 Å². The van der Waals surface area contributed by atoms with E-state index in [1.165, 1.54) is 0 Å². The van der Waals surface area contributed by atoms with Crippen molar-refractivity contribution < 1.29 is 9.32 Å². The number of aryl methyl sites for hydroxylation is 2. The molecule has 0 unspecified atom stereocenters. The maximum atomic E-state index is 12.5. The summed E-state index contributed by atoms with van der Waals surface area (Å²) in [5.74, 6) is 0.671. The number of rotatable bonds is 4. The van der Waals surface area contributed by atoms with Crippen molar-refractivity contribution in [2.24, 2.45) is 0 Å². The second-order valence-electron chi connectivity index (χ2n) is 4.80. The van der Waals surface area contributed by atoms with Gasteiger partial charge in [0.25, 0.3) is 5.91 Å². The number of piperazine rings is 1. The highest BCUT2D eigenvalue weighted by Crippen LogP contribution is 2.17. The van der Waals surface area contributed by atoms with Crippen LogP contribution in [0.2, 0.25) is 0 Å². The third kappa shape index (κ3) is 2.87. The Morgan fingerprint density at radius 3 is 2.68 bits per heavy atom. The van der Waals surface area contributed by atoms with Crippen molar-refractivity contribution in [2.45, 2.75) is 20.3 Å². The minimum absolute atomic E-state index is 0.0499. The summed E-state index contributed by atoms with van der Waals surface area (Å²) >= 11 is 0. The van der Waals surface area contributed by atoms with Crippen LogP contribution in [-0.2, 0) is 6.42 Å². The van der Waals surface area contributed by atoms with Crippen LogP contribution in [0.4, 0.5) is 0 Å². The molecular formula is C14H21N3O2. The third-order valence-corrected chi connectivity index (χ3v) is 3.53. The van der Waals surface area contributed by atoms with Gasteiger partial charge in [-0.25, -0.2) is 0 Å². The first kappa shape index (κ1) is 13.8. The lowest BCUT2D eigenvalue weighted by Gasteiger charge is -2.34. The number of amides is 1. The number of hydrogen-bond donors (Lipinski definition) is 0. The van der Waals surface area contributed by atoms with Crippen molar-refractivity contribution in [3.8, 4) is 0 Å². The lowest BCUT2D eigenvalue weighted by molar-refractivity contribution is 0.0647. The Morgan fingerprint density at radius 2 is 2.11 bits per heavy atom. The number of nitrogens with zero attached hydrogens (tertiary/aromatic N) is 3. The van der Waals surface area contributed by atoms with Crippen molar-refractivity contribution in [2.75, 3.05) is 32.7 Å². The largest absolute Gasteiger partial charge is 0.361 e. The highest BCUT2D eigenvalue weighted by atomic mass is 16.5. The Balaban J connectivity index is 2.05. The molecule has 1 amide bonds. The van der Waals surface area contributed by atoms with Gasteiger partial charge in [0.2, 0.25) is 0 Å². The zero-order chi connectivity index (χ0) is 13.8. The van der Waals surface area contributed by atoms with Crippen LogP contribution in [-0.4, -0.2) is 53.6 Å². The van der Waals surface area contributed by atoms with E-state index in [0.717, 1.165) is 44.8 Å². The fraction of sp³-hybridized carbons (Fsp3) is 0.571. The molecule has 0 radical (unpaired) electrons. The number of hydrogen-bond acceptors (Lipinski definition) is 4. The van der Waals surface area contributed by atoms with E-state index in [1.54, 1.807) is 6.92 Å². The van der Waals surface area contributed by atoms with Crippen LogP contribution in [0.5, 0.6) is 0 Å². The van der Waals surface area contributed by atoms with Crippen LogP contribution in [0.25, 0.3) is 0 Å². The molecule has 1 aromatic rings. The van der Waals surface area contributed by atoms with Gasteiger partial charge in [0.1, 0.15) is 11.3 Å². The van der Waals surface area contributed by atoms with Gasteiger partial charge in [-0.05, 0) is 13.3 Å². The fourth-order valence-electron chi connectivity index (χ4n) is 2.41. The SMILES string of the molecule is C=CCN1CCN(C(=O)c2c(CC)noc2C)CC1. The smallest absolute Gasteiger partial charge is 0.259 e. The predicted octanol–water partition coefficient (Wildman–Crippen LogP) is 1.49. The minimum Gasteiger partial charge on any atom is -0.361 e. The van der Waals surface area contributed by atoms with E-state index in [0.29, 0.717) is 11.3 Å². The minimum atomic E-state index is 0.0499. The molecule has 5 heteroatoms. The molecule has 0 atom stereocenters. The summed E-state index contributed by atoms with van der Waals surface area (Å²) in [6, 6.07) is 0. The summed E-state index contributed by atoms with van der Waals surface area (Å²) in [7, 11) is 0. The number of aromatic nitrogens is 1. The summed E-state index contributed by atoms with van der Waals surface area (Å²) in [5, 5.41) is 3.95. The standard InChI is InChI=1S/C14H21N3O2/c1-4-6-16-7-9-17(10-8-16)14(18)13-11(3)19-15-12(13)5-2/h4H,1,5-10H2,2-3H3. The second-order valence-corrected chi connectivity index (χ2v) is 4.80. The van der Waals surface area contributed by atoms with Gasteiger partial charge < -0.3 is 9.42 Å². The maximum absolute atomic E-state index is 12.5. The first-order chi connectivity index (χ1) is 9.17.